The Kier molecular flexibility index (Phi) is 4.58. The van der Waals surface area contributed by atoms with Crippen LogP contribution in [0.4, 0.5) is 0 Å². The topological polar surface area (TPSA) is 52.6 Å². The van der Waals surface area contributed by atoms with Crippen LogP contribution < -0.4 is 0 Å². The molecule has 0 aromatic heterocycles. The minimum atomic E-state index is -0.731. The Hall–Kier alpha value is -3.70. The van der Waals surface area contributed by atoms with E-state index in [-0.39, 0.29) is 5.92 Å². The van der Waals surface area contributed by atoms with Crippen molar-refractivity contribution in [2.45, 2.75) is 27.9 Å². The van der Waals surface area contributed by atoms with E-state index >= 15 is 0 Å². The molecular weight excluding hydrogens is 516 g/mol. The summed E-state index contributed by atoms with van der Waals surface area (Å²) in [6, 6.07) is 34.4. The van der Waals surface area contributed by atoms with Gasteiger partial charge in [0.1, 0.15) is 10.4 Å². The summed E-state index contributed by atoms with van der Waals surface area (Å²) in [6.07, 6.45) is -1.41. The molecule has 4 unspecified atom stereocenters. The summed E-state index contributed by atoms with van der Waals surface area (Å²) < 4.78 is 11.8. The number of carbonyl (C=O) groups excluding carboxylic acids is 2. The number of hydrogen-bond donors (Lipinski definition) is 0. The van der Waals surface area contributed by atoms with Gasteiger partial charge in [-0.05, 0) is 46.5 Å². The first kappa shape index (κ1) is 21.6. The van der Waals surface area contributed by atoms with Gasteiger partial charge in [0.15, 0.2) is 6.10 Å². The lowest BCUT2D eigenvalue weighted by Crippen LogP contribution is -2.62. The van der Waals surface area contributed by atoms with Crippen molar-refractivity contribution in [3.8, 4) is 0 Å². The lowest BCUT2D eigenvalue weighted by molar-refractivity contribution is -0.0342. The summed E-state index contributed by atoms with van der Waals surface area (Å²) in [5.41, 5.74) is 5.03. The predicted molar refractivity (Wildman–Crippen MR) is 138 cm³/mol. The maximum absolute atomic E-state index is 13.4. The van der Waals surface area contributed by atoms with Gasteiger partial charge in [0.05, 0.1) is 16.5 Å². The van der Waals surface area contributed by atoms with Crippen LogP contribution in [0.5, 0.6) is 0 Å². The highest BCUT2D eigenvalue weighted by molar-refractivity contribution is 9.09. The zero-order valence-corrected chi connectivity index (χ0v) is 20.7. The fourth-order valence-corrected chi connectivity index (χ4v) is 8.05. The van der Waals surface area contributed by atoms with Crippen molar-refractivity contribution in [3.63, 3.8) is 0 Å². The Morgan fingerprint density at radius 1 is 0.611 bits per heavy atom. The van der Waals surface area contributed by atoms with Crippen LogP contribution in [0.15, 0.2) is 109 Å². The molecule has 0 radical (unpaired) electrons. The number of carbonyl (C=O) groups is 2. The molecule has 0 N–H and O–H groups in total. The first-order valence-electron chi connectivity index (χ1n) is 12.0. The zero-order chi connectivity index (χ0) is 24.5. The summed E-state index contributed by atoms with van der Waals surface area (Å²) in [5.74, 6) is -1.02. The molecule has 4 nitrogen and oxygen atoms in total. The highest BCUT2D eigenvalue weighted by Crippen LogP contribution is 2.81. The zero-order valence-electron chi connectivity index (χ0n) is 19.1. The first-order valence-corrected chi connectivity index (χ1v) is 12.8. The van der Waals surface area contributed by atoms with Gasteiger partial charge in [-0.1, -0.05) is 101 Å². The summed E-state index contributed by atoms with van der Waals surface area (Å²) in [4.78, 5) is 26.7. The van der Waals surface area contributed by atoms with E-state index in [0.29, 0.717) is 11.1 Å². The Labute approximate surface area is 217 Å². The normalized spacial score (nSPS) is 28.3. The quantitative estimate of drug-likeness (QED) is 0.232. The van der Waals surface area contributed by atoms with Gasteiger partial charge >= 0.3 is 11.9 Å². The van der Waals surface area contributed by atoms with E-state index in [1.165, 1.54) is 11.1 Å². The number of ether oxygens (including phenoxy) is 2. The monoisotopic (exact) mass is 536 g/mol. The molecule has 1 saturated carbocycles. The Morgan fingerprint density at radius 2 is 1.11 bits per heavy atom. The lowest BCUT2D eigenvalue weighted by Gasteiger charge is -2.62. The molecule has 0 bridgehead atoms. The molecule has 0 heterocycles. The summed E-state index contributed by atoms with van der Waals surface area (Å²) in [6.45, 7) is 0. The highest BCUT2D eigenvalue weighted by Gasteiger charge is 2.83. The number of fused-ring (bicyclic) bond motifs is 4. The molecule has 5 heteroatoms. The average molecular weight is 537 g/mol. The second-order valence-corrected chi connectivity index (χ2v) is 10.8. The largest absolute Gasteiger partial charge is 0.454 e. The molecule has 4 aromatic carbocycles. The van der Waals surface area contributed by atoms with Gasteiger partial charge < -0.3 is 9.47 Å². The van der Waals surface area contributed by atoms with E-state index in [4.69, 9.17) is 9.47 Å². The average Bonchev–Trinajstić information content (AvgIpc) is 3.06. The van der Waals surface area contributed by atoms with E-state index in [9.17, 15) is 9.59 Å². The van der Waals surface area contributed by atoms with E-state index < -0.39 is 33.9 Å². The van der Waals surface area contributed by atoms with Crippen molar-refractivity contribution < 1.29 is 19.1 Å². The van der Waals surface area contributed by atoms with Crippen LogP contribution in [0.25, 0.3) is 0 Å². The van der Waals surface area contributed by atoms with Crippen molar-refractivity contribution in [1.82, 2.24) is 0 Å². The van der Waals surface area contributed by atoms with E-state index in [2.05, 4.69) is 40.2 Å². The molecule has 176 valence electrons. The second kappa shape index (κ2) is 7.65. The fraction of sp³-hybridized carbons (Fsp3) is 0.161. The summed E-state index contributed by atoms with van der Waals surface area (Å²) in [5, 5.41) is 0. The minimum absolute atomic E-state index is 0.149. The number of hydrogen-bond acceptors (Lipinski definition) is 4. The number of halogens is 1. The molecule has 0 saturated heterocycles. The first-order chi connectivity index (χ1) is 17.6. The molecule has 4 aromatic rings. The Morgan fingerprint density at radius 3 is 1.75 bits per heavy atom. The van der Waals surface area contributed by atoms with E-state index in [0.717, 1.165) is 11.1 Å². The fourth-order valence-electron chi connectivity index (χ4n) is 6.68. The molecule has 3 aliphatic carbocycles. The smallest absolute Gasteiger partial charge is 0.338 e. The molecule has 5 atom stereocenters. The van der Waals surface area contributed by atoms with Crippen molar-refractivity contribution in [3.05, 3.63) is 143 Å². The van der Waals surface area contributed by atoms with Gasteiger partial charge in [0.25, 0.3) is 0 Å². The van der Waals surface area contributed by atoms with Crippen molar-refractivity contribution in [2.75, 3.05) is 0 Å². The third-order valence-electron chi connectivity index (χ3n) is 8.02. The number of benzene rings is 4. The van der Waals surface area contributed by atoms with Crippen LogP contribution >= 0.6 is 15.9 Å². The molecule has 7 rings (SSSR count). The van der Waals surface area contributed by atoms with Crippen molar-refractivity contribution >= 4 is 27.9 Å². The maximum Gasteiger partial charge on any atom is 0.338 e. The van der Waals surface area contributed by atoms with Crippen molar-refractivity contribution in [2.24, 2.45) is 0 Å². The molecule has 1 fully saturated rings. The molecule has 0 amide bonds. The number of rotatable bonds is 4. The van der Waals surface area contributed by atoms with E-state index in [1.54, 1.807) is 24.3 Å². The lowest BCUT2D eigenvalue weighted by atomic mass is 9.43. The summed E-state index contributed by atoms with van der Waals surface area (Å²) in [7, 11) is 0. The number of alkyl halides is 1. The third-order valence-corrected chi connectivity index (χ3v) is 9.52. The van der Waals surface area contributed by atoms with E-state index in [1.807, 2.05) is 60.7 Å². The Balaban J connectivity index is 1.38. The molecule has 1 spiro atoms. The minimum Gasteiger partial charge on any atom is -0.454 e. The van der Waals surface area contributed by atoms with Crippen molar-refractivity contribution in [1.29, 1.82) is 0 Å². The maximum atomic E-state index is 13.4. The van der Waals surface area contributed by atoms with Crippen LogP contribution in [0.3, 0.4) is 0 Å². The van der Waals surface area contributed by atoms with Gasteiger partial charge in [-0.2, -0.15) is 0 Å². The van der Waals surface area contributed by atoms with Gasteiger partial charge in [0, 0.05) is 5.92 Å². The third kappa shape index (κ3) is 2.53. The van der Waals surface area contributed by atoms with Gasteiger partial charge in [-0.3, -0.25) is 0 Å². The molecule has 3 aliphatic rings. The molecule has 36 heavy (non-hydrogen) atoms. The summed E-state index contributed by atoms with van der Waals surface area (Å²) >= 11 is 4.10. The molecular formula is C31H21BrO4. The SMILES string of the molecule is O=C(OC1C(OC(=O)c2ccccc2)C2(Br)c3ccccc3[C@@]23c2ccccc2C13)c1ccccc1. The van der Waals surface area contributed by atoms with Gasteiger partial charge in [-0.15, -0.1) is 0 Å². The van der Waals surface area contributed by atoms with Crippen LogP contribution in [0.1, 0.15) is 48.9 Å². The second-order valence-electron chi connectivity index (χ2n) is 9.56. The van der Waals surface area contributed by atoms with Gasteiger partial charge in [0.2, 0.25) is 0 Å². The predicted octanol–water partition coefficient (Wildman–Crippen LogP) is 6.14. The van der Waals surface area contributed by atoms with Gasteiger partial charge in [-0.25, -0.2) is 9.59 Å². The van der Waals surface area contributed by atoms with Crippen LogP contribution in [0.2, 0.25) is 0 Å². The van der Waals surface area contributed by atoms with Crippen LogP contribution in [-0.4, -0.2) is 24.1 Å². The van der Waals surface area contributed by atoms with Crippen LogP contribution in [0, 0.1) is 0 Å². The number of esters is 2. The van der Waals surface area contributed by atoms with Crippen LogP contribution in [-0.2, 0) is 19.2 Å². The molecule has 0 aliphatic heterocycles. The highest BCUT2D eigenvalue weighted by atomic mass is 79.9. The standard InChI is InChI=1S/C31H21BrO4/c32-31-24-18-10-9-17-23(24)30(31)22-16-8-7-15-21(22)25(30)26(35-28(33)19-11-3-1-4-12-19)27(31)36-29(34)20-13-5-2-6-14-20/h1-18,25-27H/t25?,26?,27?,30-,31?/m1/s1. The Bertz CT molecular complexity index is 1520.